The summed E-state index contributed by atoms with van der Waals surface area (Å²) in [4.78, 5) is 29.5. The molecule has 1 amide bonds. The zero-order chi connectivity index (χ0) is 17.4. The van der Waals surface area contributed by atoms with Gasteiger partial charge in [0.25, 0.3) is 5.91 Å². The second-order valence-electron chi connectivity index (χ2n) is 5.84. The van der Waals surface area contributed by atoms with Gasteiger partial charge in [0, 0.05) is 12.6 Å². The number of aromatic nitrogens is 3. The van der Waals surface area contributed by atoms with Crippen molar-refractivity contribution in [3.05, 3.63) is 41.7 Å². The maximum absolute atomic E-state index is 13.0. The molecular weight excluding hydrogens is 315 g/mol. The van der Waals surface area contributed by atoms with Gasteiger partial charge in [-0.3, -0.25) is 9.59 Å². The molecular formula is C16H17FN4O3. The third kappa shape index (κ3) is 2.75. The number of carbonyl (C=O) groups excluding carboxylic acids is 1. The van der Waals surface area contributed by atoms with Gasteiger partial charge in [-0.25, -0.2) is 14.1 Å². The number of halogens is 1. The average Bonchev–Trinajstić information content (AvgIpc) is 3.11. The van der Waals surface area contributed by atoms with Gasteiger partial charge >= 0.3 is 5.97 Å². The number of aryl methyl sites for hydroxylation is 1. The summed E-state index contributed by atoms with van der Waals surface area (Å²) in [6, 6.07) is 5.29. The molecule has 1 aromatic carbocycles. The van der Waals surface area contributed by atoms with Crippen LogP contribution in [0.15, 0.2) is 24.3 Å². The van der Waals surface area contributed by atoms with E-state index in [1.54, 1.807) is 26.0 Å². The van der Waals surface area contributed by atoms with Crippen molar-refractivity contribution in [3.8, 4) is 5.69 Å². The summed E-state index contributed by atoms with van der Waals surface area (Å²) in [6.45, 7) is 3.77. The van der Waals surface area contributed by atoms with Crippen molar-refractivity contribution < 1.29 is 19.1 Å². The molecule has 1 aromatic heterocycles. The minimum Gasteiger partial charge on any atom is -0.481 e. The average molecular weight is 332 g/mol. The first-order chi connectivity index (χ1) is 11.4. The summed E-state index contributed by atoms with van der Waals surface area (Å²) >= 11 is 0. The van der Waals surface area contributed by atoms with Crippen LogP contribution in [0.1, 0.15) is 29.8 Å². The minimum atomic E-state index is -0.904. The Morgan fingerprint density at radius 2 is 1.96 bits per heavy atom. The lowest BCUT2D eigenvalue weighted by Crippen LogP contribution is -2.38. The van der Waals surface area contributed by atoms with Crippen molar-refractivity contribution in [2.75, 3.05) is 6.54 Å². The van der Waals surface area contributed by atoms with Gasteiger partial charge in [0.05, 0.1) is 11.6 Å². The van der Waals surface area contributed by atoms with E-state index in [1.165, 1.54) is 21.7 Å². The van der Waals surface area contributed by atoms with Crippen LogP contribution in [0, 0.1) is 18.7 Å². The summed E-state index contributed by atoms with van der Waals surface area (Å²) < 4.78 is 14.5. The highest BCUT2D eigenvalue weighted by Gasteiger charge is 2.39. The number of rotatable bonds is 3. The van der Waals surface area contributed by atoms with Crippen molar-refractivity contribution in [1.82, 2.24) is 19.7 Å². The number of carboxylic acid groups (broad SMARTS) is 1. The number of carbonyl (C=O) groups is 2. The third-order valence-corrected chi connectivity index (χ3v) is 4.36. The fourth-order valence-electron chi connectivity index (χ4n) is 2.99. The molecule has 7 nitrogen and oxygen atoms in total. The molecule has 2 atom stereocenters. The van der Waals surface area contributed by atoms with Crippen LogP contribution in [-0.4, -0.2) is 49.2 Å². The van der Waals surface area contributed by atoms with Crippen LogP contribution in [0.3, 0.4) is 0 Å². The zero-order valence-electron chi connectivity index (χ0n) is 13.3. The molecule has 0 saturated carbocycles. The Morgan fingerprint density at radius 1 is 1.29 bits per heavy atom. The first-order valence-corrected chi connectivity index (χ1v) is 7.62. The van der Waals surface area contributed by atoms with Crippen LogP contribution in [0.2, 0.25) is 0 Å². The molecule has 1 aliphatic heterocycles. The van der Waals surface area contributed by atoms with Crippen LogP contribution in [0.25, 0.3) is 5.69 Å². The van der Waals surface area contributed by atoms with E-state index < -0.39 is 23.8 Å². The molecule has 0 radical (unpaired) electrons. The smallest absolute Gasteiger partial charge is 0.308 e. The summed E-state index contributed by atoms with van der Waals surface area (Å²) in [6.07, 6.45) is 0.417. The van der Waals surface area contributed by atoms with E-state index in [1.807, 2.05) is 0 Å². The molecule has 2 aromatic rings. The van der Waals surface area contributed by atoms with Gasteiger partial charge in [0.15, 0.2) is 0 Å². The largest absolute Gasteiger partial charge is 0.481 e. The summed E-state index contributed by atoms with van der Waals surface area (Å²) in [5.74, 6) is -1.73. The summed E-state index contributed by atoms with van der Waals surface area (Å²) in [7, 11) is 0. The van der Waals surface area contributed by atoms with Gasteiger partial charge in [-0.05, 0) is 44.5 Å². The van der Waals surface area contributed by atoms with Crippen molar-refractivity contribution in [2.45, 2.75) is 26.3 Å². The molecule has 0 bridgehead atoms. The number of aliphatic carboxylic acids is 1. The Balaban J connectivity index is 1.86. The fraction of sp³-hybridized carbons (Fsp3) is 0.375. The molecule has 1 saturated heterocycles. The van der Waals surface area contributed by atoms with Crippen molar-refractivity contribution >= 4 is 11.9 Å². The lowest BCUT2D eigenvalue weighted by molar-refractivity contribution is -0.142. The zero-order valence-corrected chi connectivity index (χ0v) is 13.3. The van der Waals surface area contributed by atoms with Crippen LogP contribution in [0.5, 0.6) is 0 Å². The van der Waals surface area contributed by atoms with Gasteiger partial charge in [-0.2, -0.15) is 0 Å². The number of carboxylic acids is 1. The maximum atomic E-state index is 13.0. The van der Waals surface area contributed by atoms with E-state index >= 15 is 0 Å². The first-order valence-electron chi connectivity index (χ1n) is 7.62. The topological polar surface area (TPSA) is 88.3 Å². The lowest BCUT2D eigenvalue weighted by Gasteiger charge is -2.21. The second kappa shape index (κ2) is 6.03. The van der Waals surface area contributed by atoms with Gasteiger partial charge in [0.1, 0.15) is 11.6 Å². The molecule has 8 heteroatoms. The van der Waals surface area contributed by atoms with Crippen molar-refractivity contribution in [2.24, 2.45) is 5.92 Å². The number of nitrogens with zero attached hydrogens (tertiary/aromatic N) is 4. The second-order valence-corrected chi connectivity index (χ2v) is 5.84. The predicted octanol–water partition coefficient (Wildman–Crippen LogP) is 1.65. The molecule has 0 spiro atoms. The molecule has 2 unspecified atom stereocenters. The Morgan fingerprint density at radius 3 is 2.54 bits per heavy atom. The van der Waals surface area contributed by atoms with Crippen LogP contribution >= 0.6 is 0 Å². The highest BCUT2D eigenvalue weighted by atomic mass is 19.1. The monoisotopic (exact) mass is 332 g/mol. The minimum absolute atomic E-state index is 0.00899. The number of benzene rings is 1. The Labute approximate surface area is 137 Å². The van der Waals surface area contributed by atoms with Crippen molar-refractivity contribution in [1.29, 1.82) is 0 Å². The fourth-order valence-corrected chi connectivity index (χ4v) is 2.99. The number of likely N-dealkylation sites (tertiary alicyclic amines) is 1. The van der Waals surface area contributed by atoms with Crippen LogP contribution < -0.4 is 0 Å². The molecule has 126 valence electrons. The molecule has 1 fully saturated rings. The van der Waals surface area contributed by atoms with Gasteiger partial charge in [0.2, 0.25) is 5.82 Å². The number of hydrogen-bond donors (Lipinski definition) is 1. The Kier molecular flexibility index (Phi) is 4.04. The summed E-state index contributed by atoms with van der Waals surface area (Å²) in [5.41, 5.74) is 0.596. The normalized spacial score (nSPS) is 20.4. The van der Waals surface area contributed by atoms with E-state index in [0.29, 0.717) is 24.5 Å². The van der Waals surface area contributed by atoms with Gasteiger partial charge < -0.3 is 10.0 Å². The SMILES string of the molecule is Cc1nc(C(=O)N2CCC(C(=O)O)C2C)nn1-c1ccc(F)cc1. The van der Waals surface area contributed by atoms with Crippen LogP contribution in [0.4, 0.5) is 4.39 Å². The molecule has 3 rings (SSSR count). The lowest BCUT2D eigenvalue weighted by atomic mass is 10.0. The van der Waals surface area contributed by atoms with E-state index in [-0.39, 0.29) is 11.6 Å². The Bertz CT molecular complexity index is 787. The molecule has 1 N–H and O–H groups in total. The Hall–Kier alpha value is -2.77. The van der Waals surface area contributed by atoms with Crippen LogP contribution in [-0.2, 0) is 4.79 Å². The molecule has 0 aliphatic carbocycles. The maximum Gasteiger partial charge on any atom is 0.308 e. The van der Waals surface area contributed by atoms with E-state index in [0.717, 1.165) is 0 Å². The highest BCUT2D eigenvalue weighted by Crippen LogP contribution is 2.25. The number of amides is 1. The molecule has 1 aliphatic rings. The molecule has 24 heavy (non-hydrogen) atoms. The van der Waals surface area contributed by atoms with Gasteiger partial charge in [-0.1, -0.05) is 0 Å². The molecule has 2 heterocycles. The summed E-state index contributed by atoms with van der Waals surface area (Å²) in [5, 5.41) is 13.4. The standard InChI is InChI=1S/C16H17FN4O3/c1-9-13(16(23)24)7-8-20(9)15(22)14-18-10(2)21(19-14)12-5-3-11(17)4-6-12/h3-6,9,13H,7-8H2,1-2H3,(H,23,24). The third-order valence-electron chi connectivity index (χ3n) is 4.36. The van der Waals surface area contributed by atoms with E-state index in [4.69, 9.17) is 5.11 Å². The van der Waals surface area contributed by atoms with E-state index in [9.17, 15) is 14.0 Å². The van der Waals surface area contributed by atoms with E-state index in [2.05, 4.69) is 10.1 Å². The van der Waals surface area contributed by atoms with Gasteiger partial charge in [-0.15, -0.1) is 5.10 Å². The highest BCUT2D eigenvalue weighted by molar-refractivity contribution is 5.91. The predicted molar refractivity (Wildman–Crippen MR) is 82.3 cm³/mol. The quantitative estimate of drug-likeness (QED) is 0.923. The first kappa shape index (κ1) is 16.1. The van der Waals surface area contributed by atoms with Crippen molar-refractivity contribution in [3.63, 3.8) is 0 Å². The number of hydrogen-bond acceptors (Lipinski definition) is 4.